The maximum Gasteiger partial charge on any atom is 0.255 e. The van der Waals surface area contributed by atoms with Gasteiger partial charge in [0.25, 0.3) is 5.91 Å². The first-order valence-corrected chi connectivity index (χ1v) is 6.32. The fraction of sp³-hybridized carbons (Fsp3) is 0.188. The fourth-order valence-electron chi connectivity index (χ4n) is 2.04. The van der Waals surface area contributed by atoms with Crippen molar-refractivity contribution in [2.45, 2.75) is 20.8 Å². The summed E-state index contributed by atoms with van der Waals surface area (Å²) >= 11 is 0. The van der Waals surface area contributed by atoms with Crippen LogP contribution in [0, 0.1) is 26.6 Å². The lowest BCUT2D eigenvalue weighted by Gasteiger charge is -2.12. The van der Waals surface area contributed by atoms with Crippen LogP contribution in [0.3, 0.4) is 0 Å². The maximum atomic E-state index is 13.1. The van der Waals surface area contributed by atoms with E-state index in [9.17, 15) is 9.18 Å². The van der Waals surface area contributed by atoms with Gasteiger partial charge in [0.15, 0.2) is 0 Å². The van der Waals surface area contributed by atoms with Crippen LogP contribution in [0.15, 0.2) is 30.3 Å². The molecule has 0 saturated carbocycles. The Kier molecular flexibility index (Phi) is 3.74. The number of rotatable bonds is 2. The molecule has 1 amide bonds. The molecule has 0 aromatic heterocycles. The monoisotopic (exact) mass is 272 g/mol. The molecular formula is C16H17FN2O. The van der Waals surface area contributed by atoms with E-state index >= 15 is 0 Å². The number of hydrogen-bond donors (Lipinski definition) is 2. The van der Waals surface area contributed by atoms with Gasteiger partial charge < -0.3 is 11.1 Å². The molecule has 0 bridgehead atoms. The first-order chi connectivity index (χ1) is 9.38. The van der Waals surface area contributed by atoms with E-state index in [0.717, 1.165) is 11.1 Å². The highest BCUT2D eigenvalue weighted by Crippen LogP contribution is 2.23. The molecule has 0 aliphatic heterocycles. The molecule has 0 aliphatic carbocycles. The van der Waals surface area contributed by atoms with Gasteiger partial charge in [-0.15, -0.1) is 0 Å². The predicted octanol–water partition coefficient (Wildman–Crippen LogP) is 3.59. The predicted molar refractivity (Wildman–Crippen MR) is 79.4 cm³/mol. The van der Waals surface area contributed by atoms with Crippen LogP contribution in [0.4, 0.5) is 15.8 Å². The number of halogens is 1. The summed E-state index contributed by atoms with van der Waals surface area (Å²) in [5, 5.41) is 2.84. The lowest BCUT2D eigenvalue weighted by molar-refractivity contribution is 0.102. The first-order valence-electron chi connectivity index (χ1n) is 6.32. The molecular weight excluding hydrogens is 255 g/mol. The molecule has 0 atom stereocenters. The van der Waals surface area contributed by atoms with Gasteiger partial charge in [-0.2, -0.15) is 0 Å². The highest BCUT2D eigenvalue weighted by atomic mass is 19.1. The summed E-state index contributed by atoms with van der Waals surface area (Å²) in [5.74, 6) is -0.603. The summed E-state index contributed by atoms with van der Waals surface area (Å²) < 4.78 is 13.1. The summed E-state index contributed by atoms with van der Waals surface area (Å²) in [4.78, 5) is 12.2. The number of nitrogens with one attached hydrogen (secondary N) is 1. The molecule has 3 N–H and O–H groups in total. The average Bonchev–Trinajstić information content (AvgIpc) is 2.35. The van der Waals surface area contributed by atoms with Crippen LogP contribution in [0.5, 0.6) is 0 Å². The minimum absolute atomic E-state index is 0.255. The Morgan fingerprint density at radius 3 is 2.40 bits per heavy atom. The normalized spacial score (nSPS) is 10.4. The van der Waals surface area contributed by atoms with Crippen LogP contribution >= 0.6 is 0 Å². The second kappa shape index (κ2) is 5.33. The highest BCUT2D eigenvalue weighted by Gasteiger charge is 2.12. The van der Waals surface area contributed by atoms with Gasteiger partial charge in [0.2, 0.25) is 0 Å². The number of nitrogen functional groups attached to an aromatic ring is 1. The lowest BCUT2D eigenvalue weighted by atomic mass is 10.1. The number of aryl methyl sites for hydroxylation is 3. The highest BCUT2D eigenvalue weighted by molar-refractivity contribution is 6.05. The molecule has 2 rings (SSSR count). The Hall–Kier alpha value is -2.36. The van der Waals surface area contributed by atoms with Gasteiger partial charge >= 0.3 is 0 Å². The van der Waals surface area contributed by atoms with E-state index in [2.05, 4.69) is 5.32 Å². The molecule has 0 aliphatic rings. The van der Waals surface area contributed by atoms with Crippen molar-refractivity contribution in [1.29, 1.82) is 0 Å². The quantitative estimate of drug-likeness (QED) is 0.821. The van der Waals surface area contributed by atoms with Gasteiger partial charge in [-0.1, -0.05) is 0 Å². The molecule has 0 radical (unpaired) electrons. The molecule has 20 heavy (non-hydrogen) atoms. The molecule has 0 spiro atoms. The van der Waals surface area contributed by atoms with E-state index in [1.54, 1.807) is 6.92 Å². The summed E-state index contributed by atoms with van der Waals surface area (Å²) in [7, 11) is 0. The Morgan fingerprint density at radius 2 is 1.75 bits per heavy atom. The summed E-state index contributed by atoms with van der Waals surface area (Å²) in [6.07, 6.45) is 0. The molecule has 2 aromatic carbocycles. The second-order valence-corrected chi connectivity index (χ2v) is 4.94. The molecule has 4 heteroatoms. The van der Waals surface area contributed by atoms with Crippen LogP contribution < -0.4 is 11.1 Å². The Bertz CT molecular complexity index is 680. The first kappa shape index (κ1) is 14.1. The van der Waals surface area contributed by atoms with Gasteiger partial charge in [-0.3, -0.25) is 4.79 Å². The molecule has 3 nitrogen and oxygen atoms in total. The van der Waals surface area contributed by atoms with Crippen LogP contribution in [-0.2, 0) is 0 Å². The number of benzene rings is 2. The molecule has 104 valence electrons. The number of anilines is 2. The van der Waals surface area contributed by atoms with Crippen LogP contribution in [0.1, 0.15) is 27.0 Å². The Labute approximate surface area is 117 Å². The number of nitrogens with two attached hydrogens (primary N) is 1. The summed E-state index contributed by atoms with van der Waals surface area (Å²) in [5.41, 5.74) is 10.1. The van der Waals surface area contributed by atoms with Gasteiger partial charge in [-0.25, -0.2) is 4.39 Å². The van der Waals surface area contributed by atoms with Crippen molar-refractivity contribution in [3.05, 3.63) is 58.4 Å². The zero-order valence-electron chi connectivity index (χ0n) is 11.8. The number of carbonyl (C=O) groups is 1. The molecule has 2 aromatic rings. The van der Waals surface area contributed by atoms with Crippen molar-refractivity contribution in [2.24, 2.45) is 0 Å². The fourth-order valence-corrected chi connectivity index (χ4v) is 2.04. The van der Waals surface area contributed by atoms with Crippen LogP contribution in [0.2, 0.25) is 0 Å². The van der Waals surface area contributed by atoms with E-state index in [0.29, 0.717) is 22.5 Å². The van der Waals surface area contributed by atoms with E-state index in [1.165, 1.54) is 18.2 Å². The summed E-state index contributed by atoms with van der Waals surface area (Å²) in [6.45, 7) is 5.47. The average molecular weight is 272 g/mol. The van der Waals surface area contributed by atoms with Crippen molar-refractivity contribution in [2.75, 3.05) is 11.1 Å². The zero-order valence-corrected chi connectivity index (χ0v) is 11.8. The third kappa shape index (κ3) is 2.79. The van der Waals surface area contributed by atoms with Crippen molar-refractivity contribution in [1.82, 2.24) is 0 Å². The molecule has 0 fully saturated rings. The third-order valence-electron chi connectivity index (χ3n) is 3.29. The maximum absolute atomic E-state index is 13.1. The molecule has 0 heterocycles. The largest absolute Gasteiger partial charge is 0.399 e. The Morgan fingerprint density at radius 1 is 1.05 bits per heavy atom. The lowest BCUT2D eigenvalue weighted by Crippen LogP contribution is -2.14. The van der Waals surface area contributed by atoms with Crippen molar-refractivity contribution in [3.8, 4) is 0 Å². The summed E-state index contributed by atoms with van der Waals surface area (Å²) in [6, 6.07) is 7.77. The van der Waals surface area contributed by atoms with Gasteiger partial charge in [-0.05, 0) is 67.8 Å². The van der Waals surface area contributed by atoms with Gasteiger partial charge in [0.05, 0.1) is 0 Å². The Balaban J connectivity index is 2.30. The van der Waals surface area contributed by atoms with Crippen LogP contribution in [-0.4, -0.2) is 5.91 Å². The molecule has 0 unspecified atom stereocenters. The third-order valence-corrected chi connectivity index (χ3v) is 3.29. The van der Waals surface area contributed by atoms with E-state index in [4.69, 9.17) is 5.73 Å². The second-order valence-electron chi connectivity index (χ2n) is 4.94. The topological polar surface area (TPSA) is 55.1 Å². The standard InChI is InChI=1S/C16H17FN2O/c1-9-6-12(17)4-5-13(9)16(20)19-15-8-10(2)14(18)7-11(15)3/h4-8H,18H2,1-3H3,(H,19,20). The minimum Gasteiger partial charge on any atom is -0.399 e. The van der Waals surface area contributed by atoms with Gasteiger partial charge in [0, 0.05) is 16.9 Å². The van der Waals surface area contributed by atoms with Crippen molar-refractivity contribution in [3.63, 3.8) is 0 Å². The SMILES string of the molecule is Cc1cc(NC(=O)c2ccc(F)cc2C)c(C)cc1N. The van der Waals surface area contributed by atoms with E-state index in [1.807, 2.05) is 26.0 Å². The van der Waals surface area contributed by atoms with Crippen molar-refractivity contribution >= 4 is 17.3 Å². The minimum atomic E-state index is -0.349. The number of hydrogen-bond acceptors (Lipinski definition) is 2. The van der Waals surface area contributed by atoms with Crippen LogP contribution in [0.25, 0.3) is 0 Å². The smallest absolute Gasteiger partial charge is 0.255 e. The zero-order chi connectivity index (χ0) is 14.9. The number of carbonyl (C=O) groups excluding carboxylic acids is 1. The van der Waals surface area contributed by atoms with E-state index in [-0.39, 0.29) is 11.7 Å². The van der Waals surface area contributed by atoms with Crippen molar-refractivity contribution < 1.29 is 9.18 Å². The molecule has 0 saturated heterocycles. The number of amides is 1. The van der Waals surface area contributed by atoms with Gasteiger partial charge in [0.1, 0.15) is 5.82 Å². The van der Waals surface area contributed by atoms with E-state index < -0.39 is 0 Å².